The second kappa shape index (κ2) is 10.0. The molecule has 1 N–H and O–H groups in total. The summed E-state index contributed by atoms with van der Waals surface area (Å²) in [4.78, 5) is 12.3. The van der Waals surface area contributed by atoms with Gasteiger partial charge in [0.1, 0.15) is 5.75 Å². The molecular formula is C22H26N2O2S. The maximum absolute atomic E-state index is 12.3. The van der Waals surface area contributed by atoms with Crippen molar-refractivity contribution in [2.45, 2.75) is 39.5 Å². The lowest BCUT2D eigenvalue weighted by Gasteiger charge is -2.29. The summed E-state index contributed by atoms with van der Waals surface area (Å²) in [6, 6.07) is 10.0. The van der Waals surface area contributed by atoms with Crippen LogP contribution in [-0.4, -0.2) is 18.1 Å². The smallest absolute Gasteiger partial charge is 0.158 e. The van der Waals surface area contributed by atoms with Crippen molar-refractivity contribution in [1.29, 1.82) is 5.26 Å². The Labute approximate surface area is 166 Å². The van der Waals surface area contributed by atoms with Crippen LogP contribution < -0.4 is 10.1 Å². The van der Waals surface area contributed by atoms with Gasteiger partial charge in [-0.2, -0.15) is 5.26 Å². The number of Topliss-reactive ketones (excluding diaryl/α,β-unsaturated/α-hetero) is 1. The van der Waals surface area contributed by atoms with E-state index in [1.54, 1.807) is 13.0 Å². The zero-order valence-electron chi connectivity index (χ0n) is 16.2. The van der Waals surface area contributed by atoms with E-state index in [9.17, 15) is 10.1 Å². The highest BCUT2D eigenvalue weighted by Crippen LogP contribution is 2.41. The number of rotatable bonds is 9. The van der Waals surface area contributed by atoms with Gasteiger partial charge in [-0.3, -0.25) is 4.79 Å². The molecule has 1 aliphatic rings. The van der Waals surface area contributed by atoms with E-state index in [4.69, 9.17) is 4.74 Å². The lowest BCUT2D eigenvalue weighted by Crippen LogP contribution is -2.27. The summed E-state index contributed by atoms with van der Waals surface area (Å²) in [6.45, 7) is 9.98. The number of nitrogens with zero attached hydrogens (tertiary/aromatic N) is 1. The Morgan fingerprint density at radius 1 is 1.41 bits per heavy atom. The van der Waals surface area contributed by atoms with Crippen LogP contribution in [0.2, 0.25) is 0 Å². The van der Waals surface area contributed by atoms with Crippen LogP contribution in [0.4, 0.5) is 0 Å². The van der Waals surface area contributed by atoms with Gasteiger partial charge in [-0.15, -0.1) is 18.3 Å². The van der Waals surface area contributed by atoms with Crippen molar-refractivity contribution in [3.05, 3.63) is 64.4 Å². The number of hydrogen-bond donors (Lipinski definition) is 1. The lowest BCUT2D eigenvalue weighted by molar-refractivity contribution is -0.113. The van der Waals surface area contributed by atoms with Gasteiger partial charge >= 0.3 is 0 Å². The highest BCUT2D eigenvalue weighted by Gasteiger charge is 2.32. The highest BCUT2D eigenvalue weighted by atomic mass is 32.2. The number of ether oxygens (including phenoxy) is 1. The molecule has 0 spiro atoms. The minimum absolute atomic E-state index is 0.0335. The minimum Gasteiger partial charge on any atom is -0.494 e. The summed E-state index contributed by atoms with van der Waals surface area (Å²) in [6.07, 6.45) is 3.89. The summed E-state index contributed by atoms with van der Waals surface area (Å²) in [5.41, 5.74) is 2.91. The van der Waals surface area contributed by atoms with E-state index in [2.05, 4.69) is 24.9 Å². The monoisotopic (exact) mass is 382 g/mol. The van der Waals surface area contributed by atoms with Gasteiger partial charge in [0.05, 0.1) is 29.2 Å². The summed E-state index contributed by atoms with van der Waals surface area (Å²) in [5, 5.41) is 13.9. The molecule has 1 aromatic carbocycles. The number of nitrogens with one attached hydrogen (secondary N) is 1. The van der Waals surface area contributed by atoms with Gasteiger partial charge in [0, 0.05) is 17.0 Å². The molecule has 1 unspecified atom stereocenters. The van der Waals surface area contributed by atoms with E-state index in [-0.39, 0.29) is 11.7 Å². The van der Waals surface area contributed by atoms with Gasteiger partial charge in [-0.1, -0.05) is 31.6 Å². The fourth-order valence-electron chi connectivity index (χ4n) is 3.06. The number of carbonyl (C=O) groups excluding carboxylic acids is 1. The first-order chi connectivity index (χ1) is 13.0. The van der Waals surface area contributed by atoms with E-state index >= 15 is 0 Å². The van der Waals surface area contributed by atoms with Crippen LogP contribution in [0.5, 0.6) is 5.75 Å². The average Bonchev–Trinajstić information content (AvgIpc) is 2.66. The predicted molar refractivity (Wildman–Crippen MR) is 111 cm³/mol. The average molecular weight is 383 g/mol. The molecule has 5 heteroatoms. The zero-order valence-corrected chi connectivity index (χ0v) is 17.0. The summed E-state index contributed by atoms with van der Waals surface area (Å²) in [5.74, 6) is 1.09. The minimum atomic E-state index is -0.370. The van der Waals surface area contributed by atoms with Gasteiger partial charge in [-0.25, -0.2) is 0 Å². The van der Waals surface area contributed by atoms with Crippen LogP contribution in [0.25, 0.3) is 0 Å². The van der Waals surface area contributed by atoms with Crippen molar-refractivity contribution in [2.24, 2.45) is 0 Å². The SMILES string of the molecule is C=CCSC1=C(C#N)C(c2ccc(OCCCC)cc2)C(C(C)=O)=C(C)N1. The number of hydrogen-bond acceptors (Lipinski definition) is 5. The van der Waals surface area contributed by atoms with Gasteiger partial charge in [0.25, 0.3) is 0 Å². The second-order valence-corrected chi connectivity index (χ2v) is 7.41. The first-order valence-corrected chi connectivity index (χ1v) is 10.1. The molecule has 0 saturated heterocycles. The molecule has 2 rings (SSSR count). The molecule has 0 saturated carbocycles. The molecule has 0 radical (unpaired) electrons. The van der Waals surface area contributed by atoms with E-state index in [0.29, 0.717) is 23.5 Å². The second-order valence-electron chi connectivity index (χ2n) is 6.38. The lowest BCUT2D eigenvalue weighted by atomic mass is 9.81. The molecule has 1 heterocycles. The van der Waals surface area contributed by atoms with Crippen LogP contribution >= 0.6 is 11.8 Å². The molecule has 0 aromatic heterocycles. The molecular weight excluding hydrogens is 356 g/mol. The number of carbonyl (C=O) groups is 1. The number of unbranched alkanes of at least 4 members (excludes halogenated alkanes) is 1. The van der Waals surface area contributed by atoms with Crippen molar-refractivity contribution in [3.8, 4) is 11.8 Å². The van der Waals surface area contributed by atoms with Crippen molar-refractivity contribution < 1.29 is 9.53 Å². The van der Waals surface area contributed by atoms with Gasteiger partial charge in [-0.05, 0) is 38.0 Å². The number of allylic oxidation sites excluding steroid dienone is 3. The number of thioether (sulfide) groups is 1. The Morgan fingerprint density at radius 2 is 2.11 bits per heavy atom. The third-order valence-electron chi connectivity index (χ3n) is 4.35. The summed E-state index contributed by atoms with van der Waals surface area (Å²) >= 11 is 1.52. The van der Waals surface area contributed by atoms with E-state index in [1.165, 1.54) is 11.8 Å². The largest absolute Gasteiger partial charge is 0.494 e. The van der Waals surface area contributed by atoms with Crippen LogP contribution in [0.15, 0.2) is 58.8 Å². The van der Waals surface area contributed by atoms with Gasteiger partial charge < -0.3 is 10.1 Å². The number of nitriles is 1. The number of ketones is 1. The van der Waals surface area contributed by atoms with E-state index in [1.807, 2.05) is 31.2 Å². The fourth-order valence-corrected chi connectivity index (χ4v) is 3.89. The molecule has 1 aliphatic heterocycles. The number of benzene rings is 1. The first-order valence-electron chi connectivity index (χ1n) is 9.12. The molecule has 4 nitrogen and oxygen atoms in total. The standard InChI is InChI=1S/C22H26N2O2S/c1-5-7-12-26-18-10-8-17(9-11-18)21-19(14-23)22(27-13-6-2)24-15(3)20(21)16(4)25/h6,8-11,21,24H,2,5,7,12-13H2,1,3-4H3. The quantitative estimate of drug-likeness (QED) is 0.477. The Balaban J connectivity index is 2.42. The van der Waals surface area contributed by atoms with Crippen LogP contribution in [-0.2, 0) is 4.79 Å². The molecule has 142 valence electrons. The molecule has 27 heavy (non-hydrogen) atoms. The van der Waals surface area contributed by atoms with Crippen molar-refractivity contribution in [3.63, 3.8) is 0 Å². The first kappa shape index (κ1) is 20.9. The van der Waals surface area contributed by atoms with Crippen molar-refractivity contribution >= 4 is 17.5 Å². The van der Waals surface area contributed by atoms with E-state index < -0.39 is 0 Å². The Hall–Kier alpha value is -2.45. The molecule has 1 atom stereocenters. The topological polar surface area (TPSA) is 62.1 Å². The fraction of sp³-hybridized carbons (Fsp3) is 0.364. The normalized spacial score (nSPS) is 16.6. The van der Waals surface area contributed by atoms with Crippen molar-refractivity contribution in [1.82, 2.24) is 5.32 Å². The summed E-state index contributed by atoms with van der Waals surface area (Å²) in [7, 11) is 0. The third kappa shape index (κ3) is 5.05. The Morgan fingerprint density at radius 3 is 2.67 bits per heavy atom. The molecule has 0 fully saturated rings. The van der Waals surface area contributed by atoms with Crippen molar-refractivity contribution in [2.75, 3.05) is 12.4 Å². The Kier molecular flexibility index (Phi) is 7.75. The summed E-state index contributed by atoms with van der Waals surface area (Å²) < 4.78 is 5.73. The van der Waals surface area contributed by atoms with E-state index in [0.717, 1.165) is 34.9 Å². The Bertz CT molecular complexity index is 801. The predicted octanol–water partition coefficient (Wildman–Crippen LogP) is 5.07. The zero-order chi connectivity index (χ0) is 19.8. The molecule has 0 aliphatic carbocycles. The number of dihydropyridines is 1. The van der Waals surface area contributed by atoms with Crippen LogP contribution in [0, 0.1) is 11.3 Å². The molecule has 0 amide bonds. The van der Waals surface area contributed by atoms with Crippen LogP contribution in [0.1, 0.15) is 45.1 Å². The molecule has 1 aromatic rings. The maximum atomic E-state index is 12.3. The third-order valence-corrected chi connectivity index (χ3v) is 5.37. The van der Waals surface area contributed by atoms with Gasteiger partial charge in [0.15, 0.2) is 5.78 Å². The van der Waals surface area contributed by atoms with Gasteiger partial charge in [0.2, 0.25) is 0 Å². The van der Waals surface area contributed by atoms with Crippen LogP contribution in [0.3, 0.4) is 0 Å². The molecule has 0 bridgehead atoms. The maximum Gasteiger partial charge on any atom is 0.158 e. The highest BCUT2D eigenvalue weighted by molar-refractivity contribution is 8.03.